The molecule has 294 valence electrons. The summed E-state index contributed by atoms with van der Waals surface area (Å²) in [5.41, 5.74) is 24.3. The zero-order valence-corrected chi connectivity index (χ0v) is 35.2. The van der Waals surface area contributed by atoms with E-state index < -0.39 is 5.41 Å². The minimum atomic E-state index is -0.423. The van der Waals surface area contributed by atoms with Gasteiger partial charge >= 0.3 is 0 Å². The molecule has 0 bridgehead atoms. The SMILES string of the molecule is CC1(C)c2cc(-c3cccc4c3-c3ccc5ccccc5c3C43c4ccccc4-c4ccccc43)ccc2-c2ccc(-n3c4ccccc4c4cc(-c5ccccc5)ccc43)cc21. The molecule has 1 nitrogen and oxygen atoms in total. The minimum absolute atomic E-state index is 0.216. The van der Waals surface area contributed by atoms with Gasteiger partial charge in [-0.3, -0.25) is 0 Å². The highest BCUT2D eigenvalue weighted by Crippen LogP contribution is 2.65. The van der Waals surface area contributed by atoms with Crippen LogP contribution in [0.1, 0.15) is 47.2 Å². The molecule has 0 radical (unpaired) electrons. The molecule has 0 saturated carbocycles. The van der Waals surface area contributed by atoms with Crippen LogP contribution < -0.4 is 0 Å². The first-order valence-electron chi connectivity index (χ1n) is 22.3. The Bertz CT molecular complexity index is 3720. The molecule has 0 amide bonds. The van der Waals surface area contributed by atoms with Crippen molar-refractivity contribution in [2.75, 3.05) is 0 Å². The van der Waals surface area contributed by atoms with Gasteiger partial charge in [0.2, 0.25) is 0 Å². The van der Waals surface area contributed by atoms with Crippen molar-refractivity contribution in [3.8, 4) is 61.3 Å². The maximum atomic E-state index is 2.51. The molecule has 63 heavy (non-hydrogen) atoms. The number of hydrogen-bond acceptors (Lipinski definition) is 0. The lowest BCUT2D eigenvalue weighted by molar-refractivity contribution is 0.660. The molecule has 14 rings (SSSR count). The zero-order chi connectivity index (χ0) is 41.6. The number of nitrogens with zero attached hydrogens (tertiary/aromatic N) is 1. The number of aromatic nitrogens is 1. The average Bonchev–Trinajstić information content (AvgIpc) is 4.01. The van der Waals surface area contributed by atoms with Crippen LogP contribution in [0.4, 0.5) is 0 Å². The van der Waals surface area contributed by atoms with Gasteiger partial charge in [-0.25, -0.2) is 0 Å². The lowest BCUT2D eigenvalue weighted by atomic mass is 9.69. The van der Waals surface area contributed by atoms with E-state index in [2.05, 4.69) is 231 Å². The minimum Gasteiger partial charge on any atom is -0.309 e. The molecule has 1 heteroatoms. The number of benzene rings is 10. The summed E-state index contributed by atoms with van der Waals surface area (Å²) in [6, 6.07) is 80.1. The predicted molar refractivity (Wildman–Crippen MR) is 263 cm³/mol. The molecule has 10 aromatic carbocycles. The molecular weight excluding hydrogens is 759 g/mol. The van der Waals surface area contributed by atoms with Gasteiger partial charge < -0.3 is 4.57 Å². The van der Waals surface area contributed by atoms with E-state index in [1.807, 2.05) is 0 Å². The first-order valence-corrected chi connectivity index (χ1v) is 22.3. The van der Waals surface area contributed by atoms with Crippen LogP contribution in [0.5, 0.6) is 0 Å². The van der Waals surface area contributed by atoms with Crippen LogP contribution in [0.3, 0.4) is 0 Å². The molecule has 1 aromatic heterocycles. The van der Waals surface area contributed by atoms with Crippen LogP contribution in [0.25, 0.3) is 93.9 Å². The van der Waals surface area contributed by atoms with Gasteiger partial charge in [-0.05, 0) is 136 Å². The summed E-state index contributed by atoms with van der Waals surface area (Å²) >= 11 is 0. The van der Waals surface area contributed by atoms with Gasteiger partial charge in [0.1, 0.15) is 0 Å². The van der Waals surface area contributed by atoms with Crippen molar-refractivity contribution in [3.63, 3.8) is 0 Å². The Morgan fingerprint density at radius 1 is 0.333 bits per heavy atom. The van der Waals surface area contributed by atoms with Gasteiger partial charge in [0, 0.05) is 21.9 Å². The standard InChI is InChI=1S/C62H41N/c1-61(2)55-36-41(28-31-47(55)48-33-30-42(37-56(48)61)63-57-26-13-10-21-49(57)51-35-40(29-34-58(51)63)38-15-4-3-5-16-38)43-22-14-25-54-59(43)50-32-27-39-17-6-7-18-44(39)60(50)62(54)52-23-11-8-19-45(52)46-20-9-12-24-53(46)62/h3-37H,1-2H3. The van der Waals surface area contributed by atoms with Crippen molar-refractivity contribution >= 4 is 32.6 Å². The van der Waals surface area contributed by atoms with Crippen LogP contribution in [-0.4, -0.2) is 4.57 Å². The Hall–Kier alpha value is -7.74. The molecule has 0 aliphatic heterocycles. The van der Waals surface area contributed by atoms with Gasteiger partial charge in [-0.1, -0.05) is 190 Å². The summed E-state index contributed by atoms with van der Waals surface area (Å²) < 4.78 is 2.47. The molecule has 0 fully saturated rings. The maximum Gasteiger partial charge on any atom is 0.0731 e. The molecule has 0 N–H and O–H groups in total. The topological polar surface area (TPSA) is 4.93 Å². The van der Waals surface area contributed by atoms with Crippen molar-refractivity contribution in [1.29, 1.82) is 0 Å². The van der Waals surface area contributed by atoms with E-state index in [1.54, 1.807) is 0 Å². The smallest absolute Gasteiger partial charge is 0.0731 e. The summed E-state index contributed by atoms with van der Waals surface area (Å²) in [7, 11) is 0. The first-order chi connectivity index (χ1) is 31.0. The zero-order valence-electron chi connectivity index (χ0n) is 35.2. The second kappa shape index (κ2) is 12.4. The second-order valence-electron chi connectivity index (χ2n) is 18.3. The molecule has 3 aliphatic rings. The maximum absolute atomic E-state index is 2.51. The van der Waals surface area contributed by atoms with Crippen LogP contribution in [-0.2, 0) is 10.8 Å². The molecule has 0 unspecified atom stereocenters. The molecule has 3 aliphatic carbocycles. The number of hydrogen-bond donors (Lipinski definition) is 0. The highest BCUT2D eigenvalue weighted by Gasteiger charge is 2.53. The van der Waals surface area contributed by atoms with Crippen LogP contribution in [0.15, 0.2) is 212 Å². The van der Waals surface area contributed by atoms with E-state index in [0.717, 1.165) is 0 Å². The van der Waals surface area contributed by atoms with Crippen molar-refractivity contribution in [2.24, 2.45) is 0 Å². The molecule has 11 aromatic rings. The van der Waals surface area contributed by atoms with Crippen molar-refractivity contribution in [3.05, 3.63) is 246 Å². The van der Waals surface area contributed by atoms with Gasteiger partial charge in [0.15, 0.2) is 0 Å². The first kappa shape index (κ1) is 34.9. The second-order valence-corrected chi connectivity index (χ2v) is 18.3. The molecular formula is C62H41N. The fourth-order valence-corrected chi connectivity index (χ4v) is 12.3. The van der Waals surface area contributed by atoms with Gasteiger partial charge in [-0.2, -0.15) is 0 Å². The highest BCUT2D eigenvalue weighted by molar-refractivity contribution is 6.11. The van der Waals surface area contributed by atoms with E-state index in [4.69, 9.17) is 0 Å². The average molecular weight is 800 g/mol. The van der Waals surface area contributed by atoms with Gasteiger partial charge in [0.25, 0.3) is 0 Å². The van der Waals surface area contributed by atoms with Gasteiger partial charge in [-0.15, -0.1) is 0 Å². The third-order valence-electron chi connectivity index (χ3n) is 15.0. The number of fused-ring (bicyclic) bond motifs is 18. The fraction of sp³-hybridized carbons (Fsp3) is 0.0645. The highest BCUT2D eigenvalue weighted by atomic mass is 15.0. The molecule has 1 heterocycles. The molecule has 0 atom stereocenters. The lowest BCUT2D eigenvalue weighted by Crippen LogP contribution is -2.26. The van der Waals surface area contributed by atoms with E-state index in [9.17, 15) is 0 Å². The van der Waals surface area contributed by atoms with E-state index in [1.165, 1.54) is 127 Å². The Labute approximate surface area is 367 Å². The molecule has 0 saturated heterocycles. The monoisotopic (exact) mass is 799 g/mol. The van der Waals surface area contributed by atoms with Crippen LogP contribution >= 0.6 is 0 Å². The Kier molecular flexibility index (Phi) is 6.89. The Morgan fingerprint density at radius 3 is 1.73 bits per heavy atom. The van der Waals surface area contributed by atoms with Crippen LogP contribution in [0, 0.1) is 0 Å². The number of para-hydroxylation sites is 1. The Balaban J connectivity index is 0.942. The van der Waals surface area contributed by atoms with E-state index in [0.29, 0.717) is 0 Å². The van der Waals surface area contributed by atoms with Crippen molar-refractivity contribution in [2.45, 2.75) is 24.7 Å². The fourth-order valence-electron chi connectivity index (χ4n) is 12.3. The summed E-state index contributed by atoms with van der Waals surface area (Å²) in [6.07, 6.45) is 0. The van der Waals surface area contributed by atoms with Gasteiger partial charge in [0.05, 0.1) is 16.4 Å². The predicted octanol–water partition coefficient (Wildman–Crippen LogP) is 15.9. The normalized spacial score (nSPS) is 14.4. The summed E-state index contributed by atoms with van der Waals surface area (Å²) in [6.45, 7) is 4.84. The summed E-state index contributed by atoms with van der Waals surface area (Å²) in [4.78, 5) is 0. The van der Waals surface area contributed by atoms with E-state index >= 15 is 0 Å². The summed E-state index contributed by atoms with van der Waals surface area (Å²) in [5, 5.41) is 5.15. The largest absolute Gasteiger partial charge is 0.309 e. The Morgan fingerprint density at radius 2 is 0.921 bits per heavy atom. The number of rotatable bonds is 3. The summed E-state index contributed by atoms with van der Waals surface area (Å²) in [5.74, 6) is 0. The van der Waals surface area contributed by atoms with Crippen molar-refractivity contribution < 1.29 is 0 Å². The third-order valence-corrected chi connectivity index (χ3v) is 15.0. The quantitative estimate of drug-likeness (QED) is 0.168. The lowest BCUT2D eigenvalue weighted by Gasteiger charge is -2.31. The third kappa shape index (κ3) is 4.46. The van der Waals surface area contributed by atoms with Crippen LogP contribution in [0.2, 0.25) is 0 Å². The van der Waals surface area contributed by atoms with Crippen molar-refractivity contribution in [1.82, 2.24) is 4.57 Å². The molecule has 1 spiro atoms. The van der Waals surface area contributed by atoms with E-state index in [-0.39, 0.29) is 5.41 Å².